The molecule has 0 aromatic heterocycles. The molecule has 1 aliphatic carbocycles. The van der Waals surface area contributed by atoms with Gasteiger partial charge in [-0.3, -0.25) is 0 Å². The van der Waals surface area contributed by atoms with Crippen LogP contribution in [0.3, 0.4) is 0 Å². The molecule has 0 saturated carbocycles. The Hall–Kier alpha value is -0.720. The Morgan fingerprint density at radius 2 is 2.30 bits per heavy atom. The van der Waals surface area contributed by atoms with Gasteiger partial charge in [0, 0.05) is 5.70 Å². The topological polar surface area (TPSA) is 12.0 Å². The maximum Gasteiger partial charge on any atom is 0.0105 e. The molecule has 1 N–H and O–H groups in total. The fourth-order valence-electron chi connectivity index (χ4n) is 1.28. The monoisotopic (exact) mass is 137 g/mol. The van der Waals surface area contributed by atoms with Crippen LogP contribution < -0.4 is 5.32 Å². The van der Waals surface area contributed by atoms with E-state index in [1.54, 1.807) is 6.20 Å². The van der Waals surface area contributed by atoms with Crippen molar-refractivity contribution in [3.8, 4) is 0 Å². The zero-order valence-electron chi connectivity index (χ0n) is 6.40. The highest BCUT2D eigenvalue weighted by atomic mass is 14.8. The first-order valence-electron chi connectivity index (χ1n) is 4.00. The standard InChI is InChI=1S/C9H15N/c1-2-10-9-7-5-3-4-6-8-9/h2,7,10H,1,3-6,8H2. The summed E-state index contributed by atoms with van der Waals surface area (Å²) in [7, 11) is 0. The fourth-order valence-corrected chi connectivity index (χ4v) is 1.28. The van der Waals surface area contributed by atoms with Crippen molar-refractivity contribution in [3.05, 3.63) is 24.6 Å². The Balaban J connectivity index is 2.38. The largest absolute Gasteiger partial charge is 0.366 e. The Labute approximate surface area is 62.8 Å². The molecule has 0 radical (unpaired) electrons. The summed E-state index contributed by atoms with van der Waals surface area (Å²) in [6.45, 7) is 3.63. The SMILES string of the molecule is C=CNC1=CCCCCC1. The minimum atomic E-state index is 1.20. The van der Waals surface area contributed by atoms with Crippen molar-refractivity contribution in [1.29, 1.82) is 0 Å². The minimum Gasteiger partial charge on any atom is -0.366 e. The minimum absolute atomic E-state index is 1.20. The highest BCUT2D eigenvalue weighted by molar-refractivity contribution is 5.03. The third-order valence-corrected chi connectivity index (χ3v) is 1.83. The van der Waals surface area contributed by atoms with E-state index >= 15 is 0 Å². The van der Waals surface area contributed by atoms with E-state index in [0.29, 0.717) is 0 Å². The molecule has 0 unspecified atom stereocenters. The molecular weight excluding hydrogens is 122 g/mol. The lowest BCUT2D eigenvalue weighted by atomic mass is 10.2. The molecule has 0 spiro atoms. The molecule has 0 saturated heterocycles. The molecule has 0 fully saturated rings. The molecule has 56 valence electrons. The van der Waals surface area contributed by atoms with Crippen molar-refractivity contribution in [2.75, 3.05) is 0 Å². The number of hydrogen-bond acceptors (Lipinski definition) is 1. The Kier molecular flexibility index (Phi) is 3.07. The van der Waals surface area contributed by atoms with Gasteiger partial charge in [-0.15, -0.1) is 0 Å². The molecule has 10 heavy (non-hydrogen) atoms. The van der Waals surface area contributed by atoms with Crippen LogP contribution in [0, 0.1) is 0 Å². The summed E-state index contributed by atoms with van der Waals surface area (Å²) in [5.41, 5.74) is 1.35. The Bertz CT molecular complexity index is 136. The molecule has 1 rings (SSSR count). The van der Waals surface area contributed by atoms with Gasteiger partial charge in [0.2, 0.25) is 0 Å². The van der Waals surface area contributed by atoms with E-state index in [1.807, 2.05) is 0 Å². The van der Waals surface area contributed by atoms with Crippen LogP contribution in [-0.4, -0.2) is 0 Å². The van der Waals surface area contributed by atoms with Crippen molar-refractivity contribution in [1.82, 2.24) is 5.32 Å². The van der Waals surface area contributed by atoms with Crippen LogP contribution in [0.4, 0.5) is 0 Å². The molecule has 0 aliphatic heterocycles. The van der Waals surface area contributed by atoms with E-state index in [1.165, 1.54) is 37.8 Å². The quantitative estimate of drug-likeness (QED) is 0.616. The third kappa shape index (κ3) is 2.26. The van der Waals surface area contributed by atoms with Crippen molar-refractivity contribution in [2.24, 2.45) is 0 Å². The van der Waals surface area contributed by atoms with E-state index in [4.69, 9.17) is 0 Å². The zero-order chi connectivity index (χ0) is 7.23. The zero-order valence-corrected chi connectivity index (χ0v) is 6.40. The smallest absolute Gasteiger partial charge is 0.0105 e. The van der Waals surface area contributed by atoms with E-state index in [-0.39, 0.29) is 0 Å². The molecule has 0 aromatic rings. The second-order valence-electron chi connectivity index (χ2n) is 2.68. The lowest BCUT2D eigenvalue weighted by Gasteiger charge is -2.02. The molecule has 0 aromatic carbocycles. The number of hydrogen-bond donors (Lipinski definition) is 1. The molecule has 0 amide bonds. The second-order valence-corrected chi connectivity index (χ2v) is 2.68. The van der Waals surface area contributed by atoms with Gasteiger partial charge >= 0.3 is 0 Å². The summed E-state index contributed by atoms with van der Waals surface area (Å²) in [6, 6.07) is 0. The van der Waals surface area contributed by atoms with Crippen LogP contribution >= 0.6 is 0 Å². The van der Waals surface area contributed by atoms with Gasteiger partial charge in [0.1, 0.15) is 0 Å². The average molecular weight is 137 g/mol. The lowest BCUT2D eigenvalue weighted by molar-refractivity contribution is 0.702. The first-order chi connectivity index (χ1) is 4.93. The number of allylic oxidation sites excluding steroid dienone is 2. The highest BCUT2D eigenvalue weighted by Crippen LogP contribution is 2.14. The number of rotatable bonds is 2. The molecule has 0 bridgehead atoms. The van der Waals surface area contributed by atoms with E-state index < -0.39 is 0 Å². The highest BCUT2D eigenvalue weighted by Gasteiger charge is 1.99. The fraction of sp³-hybridized carbons (Fsp3) is 0.556. The van der Waals surface area contributed by atoms with Gasteiger partial charge in [0.15, 0.2) is 0 Å². The van der Waals surface area contributed by atoms with Crippen LogP contribution in [0.2, 0.25) is 0 Å². The van der Waals surface area contributed by atoms with Gasteiger partial charge in [-0.25, -0.2) is 0 Å². The Morgan fingerprint density at radius 3 is 3.10 bits per heavy atom. The first-order valence-corrected chi connectivity index (χ1v) is 4.00. The molecule has 0 atom stereocenters. The summed E-state index contributed by atoms with van der Waals surface area (Å²) in [5, 5.41) is 3.15. The Morgan fingerprint density at radius 1 is 1.40 bits per heavy atom. The van der Waals surface area contributed by atoms with Gasteiger partial charge < -0.3 is 5.32 Å². The summed E-state index contributed by atoms with van der Waals surface area (Å²) >= 11 is 0. The van der Waals surface area contributed by atoms with Crippen LogP contribution in [0.5, 0.6) is 0 Å². The van der Waals surface area contributed by atoms with Gasteiger partial charge in [0.25, 0.3) is 0 Å². The summed E-state index contributed by atoms with van der Waals surface area (Å²) in [4.78, 5) is 0. The van der Waals surface area contributed by atoms with Crippen LogP contribution in [0.25, 0.3) is 0 Å². The first kappa shape index (κ1) is 7.39. The van der Waals surface area contributed by atoms with Crippen LogP contribution in [-0.2, 0) is 0 Å². The summed E-state index contributed by atoms with van der Waals surface area (Å²) < 4.78 is 0. The van der Waals surface area contributed by atoms with E-state index in [9.17, 15) is 0 Å². The van der Waals surface area contributed by atoms with Crippen molar-refractivity contribution < 1.29 is 0 Å². The maximum atomic E-state index is 3.63. The van der Waals surface area contributed by atoms with Crippen molar-refractivity contribution in [3.63, 3.8) is 0 Å². The normalized spacial score (nSPS) is 19.0. The van der Waals surface area contributed by atoms with Gasteiger partial charge in [-0.05, 0) is 31.9 Å². The predicted octanol–water partition coefficient (Wildman–Crippen LogP) is 2.57. The molecule has 1 nitrogen and oxygen atoms in total. The number of nitrogens with one attached hydrogen (secondary N) is 1. The van der Waals surface area contributed by atoms with Crippen molar-refractivity contribution in [2.45, 2.75) is 32.1 Å². The molecule has 0 heterocycles. The molecular formula is C9H15N. The summed E-state index contributed by atoms with van der Waals surface area (Å²) in [6.07, 6.45) is 10.5. The maximum absolute atomic E-state index is 3.63. The van der Waals surface area contributed by atoms with Gasteiger partial charge in [-0.2, -0.15) is 0 Å². The van der Waals surface area contributed by atoms with E-state index in [0.717, 1.165) is 0 Å². The van der Waals surface area contributed by atoms with Gasteiger partial charge in [-0.1, -0.05) is 19.1 Å². The lowest BCUT2D eigenvalue weighted by Crippen LogP contribution is -2.02. The molecule has 1 heteroatoms. The van der Waals surface area contributed by atoms with Crippen LogP contribution in [0.15, 0.2) is 24.6 Å². The van der Waals surface area contributed by atoms with Crippen molar-refractivity contribution >= 4 is 0 Å². The third-order valence-electron chi connectivity index (χ3n) is 1.83. The van der Waals surface area contributed by atoms with Crippen LogP contribution in [0.1, 0.15) is 32.1 Å². The molecule has 1 aliphatic rings. The average Bonchev–Trinajstić information content (AvgIpc) is 2.17. The summed E-state index contributed by atoms with van der Waals surface area (Å²) in [5.74, 6) is 0. The predicted molar refractivity (Wildman–Crippen MR) is 44.5 cm³/mol. The van der Waals surface area contributed by atoms with Gasteiger partial charge in [0.05, 0.1) is 0 Å². The second kappa shape index (κ2) is 4.15. The van der Waals surface area contributed by atoms with E-state index in [2.05, 4.69) is 18.0 Å².